The predicted octanol–water partition coefficient (Wildman–Crippen LogP) is 3.11. The summed E-state index contributed by atoms with van der Waals surface area (Å²) in [5.74, 6) is -0.109. The molecule has 1 aromatic carbocycles. The molecule has 0 bridgehead atoms. The average molecular weight is 296 g/mol. The van der Waals surface area contributed by atoms with Gasteiger partial charge in [0.15, 0.2) is 0 Å². The third-order valence-corrected chi connectivity index (χ3v) is 3.52. The third-order valence-electron chi connectivity index (χ3n) is 2.56. The molecular formula is C13H14ClN3OS. The Kier molecular flexibility index (Phi) is 4.39. The lowest BCUT2D eigenvalue weighted by Crippen LogP contribution is -2.22. The molecule has 0 aliphatic carbocycles. The first-order chi connectivity index (χ1) is 9.08. The highest BCUT2D eigenvalue weighted by Gasteiger charge is 2.13. The van der Waals surface area contributed by atoms with E-state index in [0.717, 1.165) is 11.4 Å². The zero-order valence-corrected chi connectivity index (χ0v) is 12.3. The first-order valence-corrected chi connectivity index (χ1v) is 7.02. The van der Waals surface area contributed by atoms with Crippen LogP contribution in [0.25, 0.3) is 0 Å². The summed E-state index contributed by atoms with van der Waals surface area (Å²) in [6.45, 7) is 0.626. The molecule has 0 aliphatic rings. The maximum atomic E-state index is 12.0. The SMILES string of the molecule is CN(C)C(=O)c1cc(NCc2cscn2)ccc1Cl. The second-order valence-corrected chi connectivity index (χ2v) is 5.35. The minimum Gasteiger partial charge on any atom is -0.379 e. The maximum Gasteiger partial charge on any atom is 0.254 e. The quantitative estimate of drug-likeness (QED) is 0.942. The van der Waals surface area contributed by atoms with Gasteiger partial charge in [0.2, 0.25) is 0 Å². The van der Waals surface area contributed by atoms with Gasteiger partial charge in [0.05, 0.1) is 28.3 Å². The molecule has 1 N–H and O–H groups in total. The van der Waals surface area contributed by atoms with E-state index in [2.05, 4.69) is 10.3 Å². The van der Waals surface area contributed by atoms with Gasteiger partial charge < -0.3 is 10.2 Å². The molecule has 1 heterocycles. The summed E-state index contributed by atoms with van der Waals surface area (Å²) in [5.41, 5.74) is 4.11. The fourth-order valence-electron chi connectivity index (χ4n) is 1.56. The predicted molar refractivity (Wildman–Crippen MR) is 78.9 cm³/mol. The van der Waals surface area contributed by atoms with E-state index in [9.17, 15) is 4.79 Å². The van der Waals surface area contributed by atoms with E-state index in [1.807, 2.05) is 11.4 Å². The molecule has 19 heavy (non-hydrogen) atoms. The Bertz CT molecular complexity index is 569. The molecule has 2 aromatic rings. The van der Waals surface area contributed by atoms with Crippen LogP contribution in [0.5, 0.6) is 0 Å². The molecule has 6 heteroatoms. The number of amides is 1. The fraction of sp³-hybridized carbons (Fsp3) is 0.231. The molecule has 1 amide bonds. The summed E-state index contributed by atoms with van der Waals surface area (Å²) in [6.07, 6.45) is 0. The van der Waals surface area contributed by atoms with E-state index in [1.54, 1.807) is 43.1 Å². The van der Waals surface area contributed by atoms with Gasteiger partial charge in [-0.1, -0.05) is 11.6 Å². The zero-order valence-electron chi connectivity index (χ0n) is 10.7. The number of hydrogen-bond donors (Lipinski definition) is 1. The molecule has 2 rings (SSSR count). The van der Waals surface area contributed by atoms with Crippen LogP contribution in [0.2, 0.25) is 5.02 Å². The molecule has 0 radical (unpaired) electrons. The molecule has 0 spiro atoms. The smallest absolute Gasteiger partial charge is 0.254 e. The van der Waals surface area contributed by atoms with Crippen molar-refractivity contribution in [3.63, 3.8) is 0 Å². The number of hydrogen-bond acceptors (Lipinski definition) is 4. The van der Waals surface area contributed by atoms with Gasteiger partial charge in [-0.2, -0.15) is 0 Å². The molecule has 0 aliphatic heterocycles. The van der Waals surface area contributed by atoms with E-state index in [0.29, 0.717) is 17.1 Å². The molecule has 0 fully saturated rings. The van der Waals surface area contributed by atoms with Crippen molar-refractivity contribution in [2.75, 3.05) is 19.4 Å². The number of nitrogens with zero attached hydrogens (tertiary/aromatic N) is 2. The van der Waals surface area contributed by atoms with Crippen molar-refractivity contribution >= 4 is 34.5 Å². The van der Waals surface area contributed by atoms with Gasteiger partial charge in [-0.3, -0.25) is 4.79 Å². The van der Waals surface area contributed by atoms with Crippen LogP contribution in [-0.2, 0) is 6.54 Å². The molecule has 4 nitrogen and oxygen atoms in total. The van der Waals surface area contributed by atoms with Crippen LogP contribution in [0.3, 0.4) is 0 Å². The van der Waals surface area contributed by atoms with Gasteiger partial charge in [0.25, 0.3) is 5.91 Å². The molecular weight excluding hydrogens is 282 g/mol. The minimum atomic E-state index is -0.109. The summed E-state index contributed by atoms with van der Waals surface area (Å²) in [5, 5.41) is 5.66. The van der Waals surface area contributed by atoms with Crippen LogP contribution < -0.4 is 5.32 Å². The van der Waals surface area contributed by atoms with Gasteiger partial charge in [0.1, 0.15) is 0 Å². The van der Waals surface area contributed by atoms with Crippen molar-refractivity contribution in [1.82, 2.24) is 9.88 Å². The monoisotopic (exact) mass is 295 g/mol. The van der Waals surface area contributed by atoms with Gasteiger partial charge in [-0.15, -0.1) is 11.3 Å². The van der Waals surface area contributed by atoms with Crippen LogP contribution in [0, 0.1) is 0 Å². The lowest BCUT2D eigenvalue weighted by Gasteiger charge is -2.13. The van der Waals surface area contributed by atoms with E-state index >= 15 is 0 Å². The number of rotatable bonds is 4. The van der Waals surface area contributed by atoms with E-state index in [1.165, 1.54) is 4.90 Å². The van der Waals surface area contributed by atoms with Crippen LogP contribution in [0.15, 0.2) is 29.1 Å². The highest BCUT2D eigenvalue weighted by molar-refractivity contribution is 7.07. The van der Waals surface area contributed by atoms with Gasteiger partial charge in [-0.25, -0.2) is 4.98 Å². The standard InChI is InChI=1S/C13H14ClN3OS/c1-17(2)13(18)11-5-9(3-4-12(11)14)15-6-10-7-19-8-16-10/h3-5,7-8,15H,6H2,1-2H3. The Morgan fingerprint density at radius 3 is 2.89 bits per heavy atom. The molecule has 100 valence electrons. The van der Waals surface area contributed by atoms with E-state index < -0.39 is 0 Å². The van der Waals surface area contributed by atoms with Crippen molar-refractivity contribution in [2.45, 2.75) is 6.54 Å². The third kappa shape index (κ3) is 3.45. The first kappa shape index (κ1) is 13.8. The highest BCUT2D eigenvalue weighted by atomic mass is 35.5. The largest absolute Gasteiger partial charge is 0.379 e. The number of carbonyl (C=O) groups is 1. The van der Waals surface area contributed by atoms with Crippen molar-refractivity contribution in [2.24, 2.45) is 0 Å². The molecule has 1 aromatic heterocycles. The maximum absolute atomic E-state index is 12.0. The molecule has 0 atom stereocenters. The van der Waals surface area contributed by atoms with E-state index in [-0.39, 0.29) is 5.91 Å². The summed E-state index contributed by atoms with van der Waals surface area (Å²) >= 11 is 7.61. The Morgan fingerprint density at radius 2 is 2.26 bits per heavy atom. The van der Waals surface area contributed by atoms with Crippen LogP contribution in [0.1, 0.15) is 16.1 Å². The number of aromatic nitrogens is 1. The van der Waals surface area contributed by atoms with Gasteiger partial charge in [-0.05, 0) is 18.2 Å². The zero-order chi connectivity index (χ0) is 13.8. The van der Waals surface area contributed by atoms with Crippen molar-refractivity contribution in [3.8, 4) is 0 Å². The molecule has 0 unspecified atom stereocenters. The minimum absolute atomic E-state index is 0.109. The van der Waals surface area contributed by atoms with Crippen LogP contribution in [0.4, 0.5) is 5.69 Å². The summed E-state index contributed by atoms with van der Waals surface area (Å²) < 4.78 is 0. The Hall–Kier alpha value is -1.59. The Balaban J connectivity index is 2.14. The first-order valence-electron chi connectivity index (χ1n) is 5.70. The van der Waals surface area contributed by atoms with Gasteiger partial charge >= 0.3 is 0 Å². The summed E-state index contributed by atoms with van der Waals surface area (Å²) in [4.78, 5) is 17.6. The number of halogens is 1. The highest BCUT2D eigenvalue weighted by Crippen LogP contribution is 2.22. The van der Waals surface area contributed by atoms with Crippen LogP contribution in [-0.4, -0.2) is 29.9 Å². The van der Waals surface area contributed by atoms with Crippen LogP contribution >= 0.6 is 22.9 Å². The fourth-order valence-corrected chi connectivity index (χ4v) is 2.31. The van der Waals surface area contributed by atoms with Crippen molar-refractivity contribution < 1.29 is 4.79 Å². The number of anilines is 1. The summed E-state index contributed by atoms with van der Waals surface area (Å²) in [7, 11) is 3.40. The second kappa shape index (κ2) is 6.04. The molecule has 0 saturated heterocycles. The van der Waals surface area contributed by atoms with Gasteiger partial charge in [0, 0.05) is 25.2 Å². The normalized spacial score (nSPS) is 10.3. The van der Waals surface area contributed by atoms with Crippen molar-refractivity contribution in [3.05, 3.63) is 45.4 Å². The van der Waals surface area contributed by atoms with Crippen molar-refractivity contribution in [1.29, 1.82) is 0 Å². The lowest BCUT2D eigenvalue weighted by atomic mass is 10.1. The lowest BCUT2D eigenvalue weighted by molar-refractivity contribution is 0.0828. The number of benzene rings is 1. The summed E-state index contributed by atoms with van der Waals surface area (Å²) in [6, 6.07) is 5.33. The average Bonchev–Trinajstić information content (AvgIpc) is 2.90. The number of thiazole rings is 1. The Labute approximate surface area is 121 Å². The molecule has 0 saturated carbocycles. The topological polar surface area (TPSA) is 45.2 Å². The Morgan fingerprint density at radius 1 is 1.47 bits per heavy atom. The number of carbonyl (C=O) groups excluding carboxylic acids is 1. The second-order valence-electron chi connectivity index (χ2n) is 4.23. The van der Waals surface area contributed by atoms with E-state index in [4.69, 9.17) is 11.6 Å². The number of nitrogens with one attached hydrogen (secondary N) is 1.